The van der Waals surface area contributed by atoms with E-state index in [2.05, 4.69) is 6.92 Å². The maximum atomic E-state index is 12.0. The molecule has 112 valence electrons. The number of carbonyl (C=O) groups is 1. The number of hydrogen-bond donors (Lipinski definition) is 1. The highest BCUT2D eigenvalue weighted by Gasteiger charge is 2.29. The molecule has 2 N–H and O–H groups in total. The van der Waals surface area contributed by atoms with Crippen molar-refractivity contribution in [2.75, 3.05) is 19.7 Å². The molecule has 2 rings (SSSR count). The van der Waals surface area contributed by atoms with Crippen LogP contribution in [0.5, 0.6) is 0 Å². The van der Waals surface area contributed by atoms with Crippen LogP contribution in [0.15, 0.2) is 0 Å². The number of nitrogens with zero attached hydrogens (tertiary/aromatic N) is 1. The van der Waals surface area contributed by atoms with Gasteiger partial charge in [-0.25, -0.2) is 0 Å². The van der Waals surface area contributed by atoms with E-state index in [1.165, 1.54) is 12.8 Å². The smallest absolute Gasteiger partial charge is 0.236 e. The van der Waals surface area contributed by atoms with Crippen LogP contribution in [-0.4, -0.2) is 42.6 Å². The van der Waals surface area contributed by atoms with Gasteiger partial charge < -0.3 is 15.4 Å². The third-order valence-corrected chi connectivity index (χ3v) is 4.35. The minimum atomic E-state index is 0. The van der Waals surface area contributed by atoms with Crippen LogP contribution in [0.2, 0.25) is 0 Å². The second kappa shape index (κ2) is 8.08. The van der Waals surface area contributed by atoms with E-state index < -0.39 is 0 Å². The molecule has 0 aromatic heterocycles. The van der Waals surface area contributed by atoms with Crippen LogP contribution < -0.4 is 5.73 Å². The van der Waals surface area contributed by atoms with E-state index in [1.54, 1.807) is 0 Å². The Morgan fingerprint density at radius 2 is 1.95 bits per heavy atom. The van der Waals surface area contributed by atoms with E-state index in [0.29, 0.717) is 6.04 Å². The number of halogens is 1. The number of carbonyl (C=O) groups excluding carboxylic acids is 1. The molecule has 0 aromatic rings. The van der Waals surface area contributed by atoms with Crippen molar-refractivity contribution in [2.45, 2.75) is 57.6 Å². The van der Waals surface area contributed by atoms with Crippen molar-refractivity contribution in [3.05, 3.63) is 0 Å². The Hall–Kier alpha value is -0.320. The van der Waals surface area contributed by atoms with E-state index in [9.17, 15) is 4.79 Å². The molecule has 5 heteroatoms. The first-order valence-corrected chi connectivity index (χ1v) is 7.32. The van der Waals surface area contributed by atoms with Gasteiger partial charge in [0.1, 0.15) is 0 Å². The fourth-order valence-corrected chi connectivity index (χ4v) is 3.13. The Bertz CT molecular complexity index is 275. The highest BCUT2D eigenvalue weighted by Crippen LogP contribution is 2.28. The Labute approximate surface area is 122 Å². The molecule has 0 aromatic carbocycles. The third-order valence-electron chi connectivity index (χ3n) is 4.35. The molecular weight excluding hydrogens is 264 g/mol. The lowest BCUT2D eigenvalue weighted by Crippen LogP contribution is -2.48. The molecule has 1 atom stereocenters. The van der Waals surface area contributed by atoms with Crippen molar-refractivity contribution in [2.24, 2.45) is 11.7 Å². The summed E-state index contributed by atoms with van der Waals surface area (Å²) in [5, 5.41) is 0. The standard InChI is InChI=1S/C14H26N2O2.ClH/c1-11-4-6-12(7-5-11)16(14(17)9-15)10-13-3-2-8-18-13;/h11-13H,2-10,15H2,1H3;1H. The highest BCUT2D eigenvalue weighted by atomic mass is 35.5. The molecule has 1 saturated heterocycles. The average molecular weight is 291 g/mol. The molecule has 1 amide bonds. The predicted molar refractivity (Wildman–Crippen MR) is 78.4 cm³/mol. The van der Waals surface area contributed by atoms with E-state index in [4.69, 9.17) is 10.5 Å². The van der Waals surface area contributed by atoms with Crippen LogP contribution in [0.25, 0.3) is 0 Å². The van der Waals surface area contributed by atoms with Gasteiger partial charge in [0.05, 0.1) is 12.6 Å². The topological polar surface area (TPSA) is 55.6 Å². The molecule has 1 heterocycles. The normalized spacial score (nSPS) is 30.7. The van der Waals surface area contributed by atoms with E-state index >= 15 is 0 Å². The Balaban J connectivity index is 0.00000180. The summed E-state index contributed by atoms with van der Waals surface area (Å²) >= 11 is 0. The fraction of sp³-hybridized carbons (Fsp3) is 0.929. The van der Waals surface area contributed by atoms with Crippen LogP contribution in [0.3, 0.4) is 0 Å². The summed E-state index contributed by atoms with van der Waals surface area (Å²) in [7, 11) is 0. The molecule has 19 heavy (non-hydrogen) atoms. The van der Waals surface area contributed by atoms with E-state index in [1.807, 2.05) is 4.90 Å². The second-order valence-electron chi connectivity index (χ2n) is 5.80. The number of ether oxygens (including phenoxy) is 1. The van der Waals surface area contributed by atoms with Gasteiger partial charge in [0, 0.05) is 19.2 Å². The summed E-state index contributed by atoms with van der Waals surface area (Å²) in [5.41, 5.74) is 5.55. The summed E-state index contributed by atoms with van der Waals surface area (Å²) in [6, 6.07) is 0.390. The maximum Gasteiger partial charge on any atom is 0.236 e. The summed E-state index contributed by atoms with van der Waals surface area (Å²) in [5.74, 6) is 0.892. The lowest BCUT2D eigenvalue weighted by molar-refractivity contribution is -0.134. The third kappa shape index (κ3) is 4.62. The van der Waals surface area contributed by atoms with Crippen molar-refractivity contribution in [1.29, 1.82) is 0 Å². The molecule has 1 saturated carbocycles. The number of nitrogens with two attached hydrogens (primary N) is 1. The summed E-state index contributed by atoms with van der Waals surface area (Å²) < 4.78 is 5.66. The van der Waals surface area contributed by atoms with Crippen LogP contribution >= 0.6 is 12.4 Å². The zero-order valence-electron chi connectivity index (χ0n) is 11.8. The van der Waals surface area contributed by atoms with Gasteiger partial charge in [-0.05, 0) is 44.4 Å². The van der Waals surface area contributed by atoms with Gasteiger partial charge in [0.15, 0.2) is 0 Å². The van der Waals surface area contributed by atoms with Crippen LogP contribution in [0, 0.1) is 5.92 Å². The zero-order chi connectivity index (χ0) is 13.0. The van der Waals surface area contributed by atoms with E-state index in [0.717, 1.165) is 44.8 Å². The first kappa shape index (κ1) is 16.7. The van der Waals surface area contributed by atoms with E-state index in [-0.39, 0.29) is 31.0 Å². The van der Waals surface area contributed by atoms with Gasteiger partial charge in [-0.15, -0.1) is 12.4 Å². The largest absolute Gasteiger partial charge is 0.376 e. The van der Waals surface area contributed by atoms with Crippen molar-refractivity contribution >= 4 is 18.3 Å². The number of amides is 1. The summed E-state index contributed by atoms with van der Waals surface area (Å²) in [6.45, 7) is 4.01. The van der Waals surface area contributed by atoms with Gasteiger partial charge in [-0.1, -0.05) is 6.92 Å². The first-order chi connectivity index (χ1) is 8.70. The van der Waals surface area contributed by atoms with Crippen molar-refractivity contribution in [3.8, 4) is 0 Å². The van der Waals surface area contributed by atoms with Gasteiger partial charge in [0.2, 0.25) is 5.91 Å². The van der Waals surface area contributed by atoms with Crippen molar-refractivity contribution in [3.63, 3.8) is 0 Å². The van der Waals surface area contributed by atoms with Crippen LogP contribution in [0.4, 0.5) is 0 Å². The number of hydrogen-bond acceptors (Lipinski definition) is 3. The van der Waals surface area contributed by atoms with Crippen molar-refractivity contribution < 1.29 is 9.53 Å². The molecule has 2 aliphatic rings. The average Bonchev–Trinajstić information content (AvgIpc) is 2.89. The SMILES string of the molecule is CC1CCC(N(CC2CCCO2)C(=O)CN)CC1.Cl. The Morgan fingerprint density at radius 3 is 2.47 bits per heavy atom. The molecule has 0 radical (unpaired) electrons. The van der Waals surface area contributed by atoms with Gasteiger partial charge in [0.25, 0.3) is 0 Å². The molecular formula is C14H27ClN2O2. The molecule has 2 fully saturated rings. The van der Waals surface area contributed by atoms with Crippen LogP contribution in [0.1, 0.15) is 45.4 Å². The Morgan fingerprint density at radius 1 is 1.26 bits per heavy atom. The molecule has 0 spiro atoms. The fourth-order valence-electron chi connectivity index (χ4n) is 3.13. The lowest BCUT2D eigenvalue weighted by Gasteiger charge is -2.37. The zero-order valence-corrected chi connectivity index (χ0v) is 12.7. The maximum absolute atomic E-state index is 12.0. The van der Waals surface area contributed by atoms with Crippen molar-refractivity contribution in [1.82, 2.24) is 4.90 Å². The second-order valence-corrected chi connectivity index (χ2v) is 5.80. The minimum absolute atomic E-state index is 0. The molecule has 4 nitrogen and oxygen atoms in total. The molecule has 1 aliphatic heterocycles. The van der Waals surface area contributed by atoms with Crippen LogP contribution in [-0.2, 0) is 9.53 Å². The summed E-state index contributed by atoms with van der Waals surface area (Å²) in [4.78, 5) is 14.0. The highest BCUT2D eigenvalue weighted by molar-refractivity contribution is 5.85. The lowest BCUT2D eigenvalue weighted by atomic mass is 9.86. The summed E-state index contributed by atoms with van der Waals surface area (Å²) in [6.07, 6.45) is 7.14. The van der Waals surface area contributed by atoms with Gasteiger partial charge in [-0.2, -0.15) is 0 Å². The first-order valence-electron chi connectivity index (χ1n) is 7.32. The monoisotopic (exact) mass is 290 g/mol. The minimum Gasteiger partial charge on any atom is -0.376 e. The molecule has 1 aliphatic carbocycles. The molecule has 0 bridgehead atoms. The van der Waals surface area contributed by atoms with Gasteiger partial charge in [-0.3, -0.25) is 4.79 Å². The predicted octanol–water partition coefficient (Wildman–Crippen LogP) is 1.95. The number of rotatable bonds is 4. The Kier molecular flexibility index (Phi) is 7.11. The quantitative estimate of drug-likeness (QED) is 0.861. The molecule has 1 unspecified atom stereocenters. The van der Waals surface area contributed by atoms with Gasteiger partial charge >= 0.3 is 0 Å².